The Hall–Kier alpha value is -1.98. The molecule has 34 heavy (non-hydrogen) atoms. The van der Waals surface area contributed by atoms with Crippen LogP contribution in [0.15, 0.2) is 42.0 Å². The molecule has 1 aromatic carbocycles. The average molecular weight is 485 g/mol. The number of rotatable bonds is 4. The summed E-state index contributed by atoms with van der Waals surface area (Å²) in [5.74, 6) is -0.491. The standard InChI is InChI=1S/C28H33ClO5/c1-26-12-10-19(30)14-18(26)8-9-20-21-11-13-28(23(32)16-29,27(21,2)15-22(31)24(20)26)34-25(33)17-6-4-3-5-7-17/h3-7,14,20-22,24,31H,8-13,15-16H2,1-2H3/t20-,21-,22+,24+,26-,27-,28-/m0/s1. The number of ether oxygens (including phenoxy) is 1. The van der Waals surface area contributed by atoms with E-state index in [2.05, 4.69) is 6.92 Å². The summed E-state index contributed by atoms with van der Waals surface area (Å²) in [6, 6.07) is 8.73. The van der Waals surface area contributed by atoms with Crippen molar-refractivity contribution in [1.29, 1.82) is 0 Å². The molecule has 5 rings (SSSR count). The van der Waals surface area contributed by atoms with Crippen LogP contribution in [0.4, 0.5) is 0 Å². The molecule has 0 bridgehead atoms. The average Bonchev–Trinajstić information content (AvgIpc) is 3.11. The van der Waals surface area contributed by atoms with Crippen molar-refractivity contribution in [2.24, 2.45) is 28.6 Å². The Morgan fingerprint density at radius 2 is 1.85 bits per heavy atom. The highest BCUT2D eigenvalue weighted by atomic mass is 35.5. The molecule has 1 N–H and O–H groups in total. The second-order valence-corrected chi connectivity index (χ2v) is 11.5. The van der Waals surface area contributed by atoms with Gasteiger partial charge < -0.3 is 9.84 Å². The summed E-state index contributed by atoms with van der Waals surface area (Å²) in [5.41, 5.74) is -0.689. The van der Waals surface area contributed by atoms with Crippen LogP contribution < -0.4 is 0 Å². The van der Waals surface area contributed by atoms with E-state index in [1.54, 1.807) is 24.3 Å². The first-order chi connectivity index (χ1) is 16.2. The van der Waals surface area contributed by atoms with E-state index in [0.29, 0.717) is 24.8 Å². The lowest BCUT2D eigenvalue weighted by atomic mass is 9.45. The highest BCUT2D eigenvalue weighted by molar-refractivity contribution is 6.29. The van der Waals surface area contributed by atoms with Crippen LogP contribution in [-0.2, 0) is 14.3 Å². The second-order valence-electron chi connectivity index (χ2n) is 11.3. The Kier molecular flexibility index (Phi) is 5.80. The van der Waals surface area contributed by atoms with Crippen LogP contribution in [0.5, 0.6) is 0 Å². The Morgan fingerprint density at radius 3 is 2.56 bits per heavy atom. The third-order valence-corrected chi connectivity index (χ3v) is 10.1. The summed E-state index contributed by atoms with van der Waals surface area (Å²) in [7, 11) is 0. The van der Waals surface area contributed by atoms with Crippen LogP contribution in [0.1, 0.15) is 69.2 Å². The third-order valence-electron chi connectivity index (χ3n) is 9.86. The van der Waals surface area contributed by atoms with Gasteiger partial charge in [0.2, 0.25) is 0 Å². The van der Waals surface area contributed by atoms with Crippen molar-refractivity contribution >= 4 is 29.1 Å². The highest BCUT2D eigenvalue weighted by Gasteiger charge is 2.70. The maximum atomic E-state index is 13.4. The summed E-state index contributed by atoms with van der Waals surface area (Å²) < 4.78 is 6.14. The molecule has 0 unspecified atom stereocenters. The lowest BCUT2D eigenvalue weighted by Gasteiger charge is -2.60. The predicted molar refractivity (Wildman–Crippen MR) is 128 cm³/mol. The molecular weight excluding hydrogens is 452 g/mol. The summed E-state index contributed by atoms with van der Waals surface area (Å²) in [4.78, 5) is 38.7. The fourth-order valence-electron chi connectivity index (χ4n) is 8.26. The van der Waals surface area contributed by atoms with Crippen molar-refractivity contribution in [3.63, 3.8) is 0 Å². The van der Waals surface area contributed by atoms with Gasteiger partial charge in [0, 0.05) is 11.8 Å². The van der Waals surface area contributed by atoms with Crippen LogP contribution in [0, 0.1) is 28.6 Å². The van der Waals surface area contributed by atoms with E-state index >= 15 is 0 Å². The number of aliphatic hydroxyl groups excluding tert-OH is 1. The van der Waals surface area contributed by atoms with E-state index in [9.17, 15) is 19.5 Å². The highest BCUT2D eigenvalue weighted by Crippen LogP contribution is 2.68. The first-order valence-electron chi connectivity index (χ1n) is 12.5. The van der Waals surface area contributed by atoms with Crippen molar-refractivity contribution in [3.05, 3.63) is 47.5 Å². The van der Waals surface area contributed by atoms with Crippen LogP contribution in [0.2, 0.25) is 0 Å². The van der Waals surface area contributed by atoms with Crippen molar-refractivity contribution in [2.45, 2.75) is 70.5 Å². The molecule has 0 spiro atoms. The summed E-state index contributed by atoms with van der Waals surface area (Å²) in [5, 5.41) is 11.6. The molecule has 0 saturated heterocycles. The van der Waals surface area contributed by atoms with Crippen molar-refractivity contribution in [1.82, 2.24) is 0 Å². The third kappa shape index (κ3) is 3.26. The molecular formula is C28H33ClO5. The van der Waals surface area contributed by atoms with Crippen molar-refractivity contribution in [2.75, 3.05) is 5.88 Å². The van der Waals surface area contributed by atoms with E-state index in [-0.39, 0.29) is 40.6 Å². The smallest absolute Gasteiger partial charge is 0.339 e. The van der Waals surface area contributed by atoms with Crippen LogP contribution in [-0.4, -0.2) is 40.2 Å². The Bertz CT molecular complexity index is 1050. The van der Waals surface area contributed by atoms with Crippen molar-refractivity contribution in [3.8, 4) is 0 Å². The molecule has 182 valence electrons. The zero-order valence-corrected chi connectivity index (χ0v) is 20.6. The molecule has 6 heteroatoms. The molecule has 0 heterocycles. The number of carbonyl (C=O) groups is 3. The lowest BCUT2D eigenvalue weighted by molar-refractivity contribution is -0.180. The SMILES string of the molecule is C[C@]12CCC(=O)C=C1CC[C@@H]1[C@@H]2[C@H](O)C[C@@]2(C)[C@H]1CC[C@]2(OC(=O)c1ccccc1)C(=O)CCl. The Labute approximate surface area is 205 Å². The number of benzene rings is 1. The molecule has 5 nitrogen and oxygen atoms in total. The van der Waals surface area contributed by atoms with Gasteiger partial charge in [-0.2, -0.15) is 0 Å². The number of allylic oxidation sites excluding steroid dienone is 1. The van der Waals surface area contributed by atoms with E-state index in [1.807, 2.05) is 19.1 Å². The Morgan fingerprint density at radius 1 is 1.12 bits per heavy atom. The zero-order chi connectivity index (χ0) is 24.3. The largest absolute Gasteiger partial charge is 0.447 e. The molecule has 3 saturated carbocycles. The Balaban J connectivity index is 1.53. The quantitative estimate of drug-likeness (QED) is 0.486. The topological polar surface area (TPSA) is 80.7 Å². The van der Waals surface area contributed by atoms with Gasteiger partial charge in [-0.15, -0.1) is 11.6 Å². The number of halogens is 1. The lowest BCUT2D eigenvalue weighted by Crippen LogP contribution is -2.63. The zero-order valence-electron chi connectivity index (χ0n) is 19.9. The van der Waals surface area contributed by atoms with Crippen LogP contribution >= 0.6 is 11.6 Å². The summed E-state index contributed by atoms with van der Waals surface area (Å²) in [6.07, 6.45) is 5.70. The minimum atomic E-state index is -1.35. The van der Waals surface area contributed by atoms with Gasteiger partial charge in [0.15, 0.2) is 17.2 Å². The van der Waals surface area contributed by atoms with Gasteiger partial charge in [0.05, 0.1) is 17.5 Å². The number of hydrogen-bond donors (Lipinski definition) is 1. The predicted octanol–water partition coefficient (Wildman–Crippen LogP) is 4.89. The van der Waals surface area contributed by atoms with E-state index < -0.39 is 23.1 Å². The molecule has 1 aromatic rings. The van der Waals surface area contributed by atoms with Crippen LogP contribution in [0.3, 0.4) is 0 Å². The van der Waals surface area contributed by atoms with Crippen LogP contribution in [0.25, 0.3) is 0 Å². The minimum Gasteiger partial charge on any atom is -0.447 e. The molecule has 3 fully saturated rings. The monoisotopic (exact) mass is 484 g/mol. The normalized spacial score (nSPS) is 41.1. The van der Waals surface area contributed by atoms with E-state index in [4.69, 9.17) is 16.3 Å². The molecule has 0 aliphatic heterocycles. The molecule has 4 aliphatic carbocycles. The number of alkyl halides is 1. The molecule has 0 aromatic heterocycles. The van der Waals surface area contributed by atoms with Gasteiger partial charge in [-0.3, -0.25) is 9.59 Å². The number of hydrogen-bond acceptors (Lipinski definition) is 5. The second kappa shape index (κ2) is 8.30. The number of carbonyl (C=O) groups excluding carboxylic acids is 3. The maximum Gasteiger partial charge on any atom is 0.339 e. The fourth-order valence-corrected chi connectivity index (χ4v) is 8.47. The summed E-state index contributed by atoms with van der Waals surface area (Å²) in [6.45, 7) is 4.22. The first kappa shape index (κ1) is 23.7. The van der Waals surface area contributed by atoms with Gasteiger partial charge >= 0.3 is 5.97 Å². The first-order valence-corrected chi connectivity index (χ1v) is 13.0. The molecule has 4 aliphatic rings. The van der Waals surface area contributed by atoms with Gasteiger partial charge in [0.25, 0.3) is 0 Å². The molecule has 7 atom stereocenters. The molecule has 0 radical (unpaired) electrons. The fraction of sp³-hybridized carbons (Fsp3) is 0.607. The van der Waals surface area contributed by atoms with Gasteiger partial charge in [-0.1, -0.05) is 37.6 Å². The van der Waals surface area contributed by atoms with Crippen molar-refractivity contribution < 1.29 is 24.2 Å². The minimum absolute atomic E-state index is 0.0328. The number of esters is 1. The molecule has 0 amide bonds. The number of aliphatic hydroxyl groups is 1. The van der Waals surface area contributed by atoms with Gasteiger partial charge in [-0.25, -0.2) is 4.79 Å². The maximum absolute atomic E-state index is 13.4. The van der Waals surface area contributed by atoms with Gasteiger partial charge in [0.1, 0.15) is 0 Å². The number of fused-ring (bicyclic) bond motifs is 5. The number of Topliss-reactive ketones (excluding diaryl/α,β-unsaturated/α-hetero) is 1. The number of ketones is 2. The van der Waals surface area contributed by atoms with Gasteiger partial charge in [-0.05, 0) is 79.9 Å². The van der Waals surface area contributed by atoms with E-state index in [0.717, 1.165) is 25.7 Å². The van der Waals surface area contributed by atoms with E-state index in [1.165, 1.54) is 5.57 Å². The summed E-state index contributed by atoms with van der Waals surface area (Å²) >= 11 is 6.10.